The summed E-state index contributed by atoms with van der Waals surface area (Å²) in [4.78, 5) is 9.96. The molecule has 0 saturated heterocycles. The van der Waals surface area contributed by atoms with E-state index >= 15 is 0 Å². The lowest BCUT2D eigenvalue weighted by Crippen LogP contribution is -2.18. The molecule has 0 spiro atoms. The van der Waals surface area contributed by atoms with Gasteiger partial charge in [-0.05, 0) is 6.92 Å². The van der Waals surface area contributed by atoms with Crippen LogP contribution in [0, 0.1) is 5.92 Å². The number of carboxylic acid groups (broad SMARTS) is 1. The fourth-order valence-corrected chi connectivity index (χ4v) is 1.01. The first kappa shape index (κ1) is 9.38. The van der Waals surface area contributed by atoms with E-state index in [0.717, 1.165) is 6.92 Å². The van der Waals surface area contributed by atoms with Crippen molar-refractivity contribution in [2.24, 2.45) is 0 Å². The van der Waals surface area contributed by atoms with Gasteiger partial charge in [0.05, 0.1) is 11.7 Å². The summed E-state index contributed by atoms with van der Waals surface area (Å²) in [5.74, 6) is -2.44. The van der Waals surface area contributed by atoms with Crippen LogP contribution in [0.2, 0.25) is 0 Å². The van der Waals surface area contributed by atoms with E-state index < -0.39 is 21.8 Å². The third-order valence-electron chi connectivity index (χ3n) is 0.764. The monoisotopic (exact) mass is 167 g/mol. The molecule has 6 heteroatoms. The Kier molecular flexibility index (Phi) is 2.79. The van der Waals surface area contributed by atoms with Crippen LogP contribution < -0.4 is 0 Å². The molecule has 59 valence electrons. The van der Waals surface area contributed by atoms with Gasteiger partial charge in [0.2, 0.25) is 0 Å². The molecule has 0 aliphatic heterocycles. The SMILES string of the molecule is C[C](CS(=O)(=O)O)C(=O)O. The predicted molar refractivity (Wildman–Crippen MR) is 33.0 cm³/mol. The van der Waals surface area contributed by atoms with Gasteiger partial charge >= 0.3 is 5.97 Å². The molecule has 0 saturated carbocycles. The molecule has 0 unspecified atom stereocenters. The summed E-state index contributed by atoms with van der Waals surface area (Å²) >= 11 is 0. The molecular formula is C4H7O5S. The topological polar surface area (TPSA) is 91.7 Å². The number of hydrogen-bond donors (Lipinski definition) is 2. The van der Waals surface area contributed by atoms with Crippen molar-refractivity contribution in [1.29, 1.82) is 0 Å². The second kappa shape index (κ2) is 2.98. The van der Waals surface area contributed by atoms with Gasteiger partial charge in [0.15, 0.2) is 0 Å². The molecule has 10 heavy (non-hydrogen) atoms. The van der Waals surface area contributed by atoms with Crippen molar-refractivity contribution in [2.45, 2.75) is 6.92 Å². The van der Waals surface area contributed by atoms with Gasteiger partial charge in [0.25, 0.3) is 10.1 Å². The maximum absolute atomic E-state index is 10.0. The summed E-state index contributed by atoms with van der Waals surface area (Å²) in [6, 6.07) is 0. The quantitative estimate of drug-likeness (QED) is 0.555. The van der Waals surface area contributed by atoms with E-state index in [1.807, 2.05) is 0 Å². The van der Waals surface area contributed by atoms with Crippen LogP contribution in [0.3, 0.4) is 0 Å². The molecule has 2 N–H and O–H groups in total. The maximum Gasteiger partial charge on any atom is 0.311 e. The van der Waals surface area contributed by atoms with Crippen molar-refractivity contribution >= 4 is 16.1 Å². The number of carbonyl (C=O) groups is 1. The number of hydrogen-bond acceptors (Lipinski definition) is 3. The average molecular weight is 167 g/mol. The highest BCUT2D eigenvalue weighted by Crippen LogP contribution is 2.00. The van der Waals surface area contributed by atoms with Crippen LogP contribution in [0.1, 0.15) is 6.92 Å². The molecule has 0 aliphatic rings. The summed E-state index contributed by atoms with van der Waals surface area (Å²) in [6.45, 7) is 1.12. The Balaban J connectivity index is 4.06. The zero-order valence-corrected chi connectivity index (χ0v) is 6.05. The Hall–Kier alpha value is -0.620. The third-order valence-corrected chi connectivity index (χ3v) is 1.56. The minimum atomic E-state index is -4.19. The van der Waals surface area contributed by atoms with Gasteiger partial charge in [-0.3, -0.25) is 9.35 Å². The second-order valence-corrected chi connectivity index (χ2v) is 3.26. The van der Waals surface area contributed by atoms with E-state index in [1.54, 1.807) is 0 Å². The number of carboxylic acids is 1. The molecule has 1 radical (unpaired) electrons. The van der Waals surface area contributed by atoms with Gasteiger partial charge in [-0.15, -0.1) is 0 Å². The molecule has 0 aromatic rings. The second-order valence-electron chi connectivity index (χ2n) is 1.81. The molecule has 0 atom stereocenters. The summed E-state index contributed by atoms with van der Waals surface area (Å²) < 4.78 is 28.2. The minimum absolute atomic E-state index is 0.303. The van der Waals surface area contributed by atoms with Gasteiger partial charge < -0.3 is 5.11 Å². The fourth-order valence-electron chi connectivity index (χ4n) is 0.335. The van der Waals surface area contributed by atoms with Crippen molar-refractivity contribution < 1.29 is 22.9 Å². The minimum Gasteiger partial charge on any atom is -0.481 e. The first-order chi connectivity index (χ1) is 4.33. The number of aliphatic carboxylic acids is 1. The first-order valence-electron chi connectivity index (χ1n) is 2.34. The van der Waals surface area contributed by atoms with Gasteiger partial charge in [-0.25, -0.2) is 0 Å². The molecule has 0 rings (SSSR count). The van der Waals surface area contributed by atoms with Crippen LogP contribution in [0.5, 0.6) is 0 Å². The Morgan fingerprint density at radius 1 is 1.50 bits per heavy atom. The van der Waals surface area contributed by atoms with Crippen molar-refractivity contribution in [2.75, 3.05) is 5.75 Å². The summed E-state index contributed by atoms with van der Waals surface area (Å²) in [6.07, 6.45) is 0. The molecule has 0 amide bonds. The first-order valence-corrected chi connectivity index (χ1v) is 3.95. The van der Waals surface area contributed by atoms with Crippen LogP contribution in [-0.4, -0.2) is 29.8 Å². The Bertz CT molecular complexity index is 216. The molecule has 5 nitrogen and oxygen atoms in total. The van der Waals surface area contributed by atoms with E-state index in [1.165, 1.54) is 0 Å². The lowest BCUT2D eigenvalue weighted by Gasteiger charge is -1.99. The molecule has 0 aliphatic carbocycles. The van der Waals surface area contributed by atoms with Crippen LogP contribution in [-0.2, 0) is 14.9 Å². The predicted octanol–water partition coefficient (Wildman–Crippen LogP) is -0.447. The van der Waals surface area contributed by atoms with Crippen LogP contribution in [0.15, 0.2) is 0 Å². The molecular weight excluding hydrogens is 160 g/mol. The van der Waals surface area contributed by atoms with E-state index in [0.29, 0.717) is 0 Å². The van der Waals surface area contributed by atoms with Crippen molar-refractivity contribution in [3.63, 3.8) is 0 Å². The van der Waals surface area contributed by atoms with Crippen LogP contribution in [0.4, 0.5) is 0 Å². The Labute approximate surface area is 58.4 Å². The van der Waals surface area contributed by atoms with Gasteiger partial charge in [0.1, 0.15) is 0 Å². The Morgan fingerprint density at radius 2 is 1.90 bits per heavy atom. The summed E-state index contributed by atoms with van der Waals surface area (Å²) in [5.41, 5.74) is 0. The number of rotatable bonds is 3. The average Bonchev–Trinajstić information content (AvgIpc) is 1.60. The zero-order valence-electron chi connectivity index (χ0n) is 5.23. The Morgan fingerprint density at radius 3 is 2.00 bits per heavy atom. The van der Waals surface area contributed by atoms with Gasteiger partial charge in [0, 0.05) is 0 Å². The van der Waals surface area contributed by atoms with E-state index in [9.17, 15) is 13.2 Å². The van der Waals surface area contributed by atoms with Crippen molar-refractivity contribution in [3.05, 3.63) is 5.92 Å². The maximum atomic E-state index is 10.0. The highest BCUT2D eigenvalue weighted by Gasteiger charge is 2.18. The van der Waals surface area contributed by atoms with Crippen molar-refractivity contribution in [3.8, 4) is 0 Å². The lowest BCUT2D eigenvalue weighted by molar-refractivity contribution is -0.134. The molecule has 0 fully saturated rings. The summed E-state index contributed by atoms with van der Waals surface area (Å²) in [7, 11) is -4.19. The normalized spacial score (nSPS) is 11.9. The van der Waals surface area contributed by atoms with E-state index in [2.05, 4.69) is 0 Å². The molecule has 0 aromatic heterocycles. The molecule has 0 bridgehead atoms. The van der Waals surface area contributed by atoms with E-state index in [-0.39, 0.29) is 5.92 Å². The lowest BCUT2D eigenvalue weighted by atomic mass is 10.2. The molecule has 0 aromatic carbocycles. The van der Waals surface area contributed by atoms with Gasteiger partial charge in [-0.2, -0.15) is 8.42 Å². The van der Waals surface area contributed by atoms with Crippen LogP contribution in [0.25, 0.3) is 0 Å². The highest BCUT2D eigenvalue weighted by atomic mass is 32.2. The standard InChI is InChI=1S/C4H7O5S/c1-3(4(5)6)2-10(7,8)9/h2H2,1H3,(H,5,6)(H,7,8,9). The van der Waals surface area contributed by atoms with E-state index in [4.69, 9.17) is 9.66 Å². The summed E-state index contributed by atoms with van der Waals surface area (Å²) in [5, 5.41) is 8.13. The van der Waals surface area contributed by atoms with Gasteiger partial charge in [-0.1, -0.05) is 0 Å². The van der Waals surface area contributed by atoms with Crippen molar-refractivity contribution in [1.82, 2.24) is 0 Å². The van der Waals surface area contributed by atoms with Crippen LogP contribution >= 0.6 is 0 Å². The third kappa shape index (κ3) is 4.28. The zero-order chi connectivity index (χ0) is 8.36. The largest absolute Gasteiger partial charge is 0.481 e. The molecule has 0 heterocycles. The highest BCUT2D eigenvalue weighted by molar-refractivity contribution is 7.85. The fraction of sp³-hybridized carbons (Fsp3) is 0.500. The smallest absolute Gasteiger partial charge is 0.311 e.